The van der Waals surface area contributed by atoms with Crippen LogP contribution >= 0.6 is 0 Å². The molecule has 0 saturated heterocycles. The molecule has 41 heavy (non-hydrogen) atoms. The van der Waals surface area contributed by atoms with Crippen molar-refractivity contribution in [1.82, 2.24) is 0 Å². The molecule has 11 unspecified atom stereocenters. The minimum Gasteiger partial charge on any atom is -0.456 e. The number of allylic oxidation sites excluding steroid dienone is 3. The molecule has 5 aliphatic carbocycles. The fraction of sp³-hybridized carbons (Fsp3) is 0.857. The number of hydrogen-bond donors (Lipinski definition) is 4. The second kappa shape index (κ2) is 9.64. The first-order valence-electron chi connectivity index (χ1n) is 16.1. The molecule has 4 saturated carbocycles. The number of aliphatic hydroxyl groups is 4. The molecule has 0 bridgehead atoms. The van der Waals surface area contributed by atoms with Crippen molar-refractivity contribution in [3.8, 4) is 0 Å². The van der Waals surface area contributed by atoms with Crippen LogP contribution in [-0.4, -0.2) is 57.4 Å². The van der Waals surface area contributed by atoms with E-state index in [9.17, 15) is 25.2 Å². The van der Waals surface area contributed by atoms with Gasteiger partial charge in [-0.25, -0.2) is 4.79 Å². The van der Waals surface area contributed by atoms with E-state index in [1.54, 1.807) is 19.9 Å². The maximum Gasteiger partial charge on any atom is 0.333 e. The van der Waals surface area contributed by atoms with E-state index in [1.807, 2.05) is 13.8 Å². The number of esters is 1. The van der Waals surface area contributed by atoms with Crippen molar-refractivity contribution < 1.29 is 30.0 Å². The van der Waals surface area contributed by atoms with E-state index >= 15 is 0 Å². The summed E-state index contributed by atoms with van der Waals surface area (Å²) in [5.74, 6) is 0.162. The Morgan fingerprint density at radius 1 is 0.976 bits per heavy atom. The maximum absolute atomic E-state index is 12.8. The van der Waals surface area contributed by atoms with Crippen LogP contribution in [0.5, 0.6) is 0 Å². The zero-order chi connectivity index (χ0) is 30.6. The molecule has 232 valence electrons. The van der Waals surface area contributed by atoms with Crippen molar-refractivity contribution in [2.75, 3.05) is 6.61 Å². The number of fused-ring (bicyclic) bond motifs is 7. The zero-order valence-corrected chi connectivity index (χ0v) is 27.0. The van der Waals surface area contributed by atoms with Crippen molar-refractivity contribution in [1.29, 1.82) is 0 Å². The van der Waals surface area contributed by atoms with Crippen molar-refractivity contribution in [3.05, 3.63) is 23.3 Å². The molecule has 4 fully saturated rings. The Labute approximate surface area is 247 Å². The average molecular weight is 573 g/mol. The molecular weight excluding hydrogens is 516 g/mol. The highest BCUT2D eigenvalue weighted by Gasteiger charge is 2.72. The van der Waals surface area contributed by atoms with Crippen molar-refractivity contribution in [2.24, 2.45) is 50.2 Å². The molecule has 11 atom stereocenters. The molecule has 6 heteroatoms. The Hall–Kier alpha value is -1.21. The Morgan fingerprint density at radius 3 is 2.24 bits per heavy atom. The number of aliphatic hydroxyl groups excluding tert-OH is 4. The molecule has 4 N–H and O–H groups in total. The highest BCUT2D eigenvalue weighted by atomic mass is 16.6. The Morgan fingerprint density at radius 2 is 1.63 bits per heavy atom. The summed E-state index contributed by atoms with van der Waals surface area (Å²) in [7, 11) is 0. The lowest BCUT2D eigenvalue weighted by Crippen LogP contribution is -2.72. The van der Waals surface area contributed by atoms with Crippen molar-refractivity contribution in [3.63, 3.8) is 0 Å². The Bertz CT molecular complexity index is 1140. The number of carbonyl (C=O) groups is 1. The molecule has 0 radical (unpaired) electrons. The van der Waals surface area contributed by atoms with Crippen LogP contribution in [0.15, 0.2) is 23.3 Å². The summed E-state index contributed by atoms with van der Waals surface area (Å²) in [5.41, 5.74) is -0.416. The van der Waals surface area contributed by atoms with Gasteiger partial charge in [-0.15, -0.1) is 0 Å². The third-order valence-electron chi connectivity index (χ3n) is 14.3. The SMILES string of the molecule is C/C=C(/C)C(=O)OC1C(O)C2(CO)C(O)CC3(C)C(=CCC4C5(C)CCC(O)C(C)(C)C5CCC43C)C2CC1(C)C. The van der Waals surface area contributed by atoms with Crippen LogP contribution in [0, 0.1) is 50.2 Å². The lowest BCUT2D eigenvalue weighted by molar-refractivity contribution is -0.260. The second-order valence-electron chi connectivity index (χ2n) is 16.6. The van der Waals surface area contributed by atoms with E-state index in [4.69, 9.17) is 4.74 Å². The lowest BCUT2D eigenvalue weighted by atomic mass is 9.33. The van der Waals surface area contributed by atoms with E-state index < -0.39 is 35.1 Å². The molecule has 5 aliphatic rings. The first kappa shape index (κ1) is 31.2. The largest absolute Gasteiger partial charge is 0.456 e. The normalized spacial score (nSPS) is 50.4. The quantitative estimate of drug-likeness (QED) is 0.200. The van der Waals surface area contributed by atoms with Crippen molar-refractivity contribution in [2.45, 2.75) is 132 Å². The fourth-order valence-corrected chi connectivity index (χ4v) is 11.4. The van der Waals surface area contributed by atoms with Crippen LogP contribution in [0.25, 0.3) is 0 Å². The zero-order valence-electron chi connectivity index (χ0n) is 27.0. The maximum atomic E-state index is 12.8. The molecule has 5 rings (SSSR count). The summed E-state index contributed by atoms with van der Waals surface area (Å²) in [6.45, 7) is 18.9. The van der Waals surface area contributed by atoms with Crippen LogP contribution in [0.4, 0.5) is 0 Å². The van der Waals surface area contributed by atoms with Crippen LogP contribution < -0.4 is 0 Å². The third kappa shape index (κ3) is 3.92. The summed E-state index contributed by atoms with van der Waals surface area (Å²) in [6.07, 6.45) is 6.77. The topological polar surface area (TPSA) is 107 Å². The van der Waals surface area contributed by atoms with Gasteiger partial charge in [-0.2, -0.15) is 0 Å². The predicted molar refractivity (Wildman–Crippen MR) is 160 cm³/mol. The molecule has 0 heterocycles. The molecule has 0 aromatic carbocycles. The van der Waals surface area contributed by atoms with Gasteiger partial charge < -0.3 is 25.2 Å². The van der Waals surface area contributed by atoms with Gasteiger partial charge in [-0.1, -0.05) is 66.2 Å². The van der Waals surface area contributed by atoms with E-state index in [1.165, 1.54) is 5.57 Å². The van der Waals surface area contributed by atoms with Gasteiger partial charge >= 0.3 is 5.97 Å². The van der Waals surface area contributed by atoms with Crippen LogP contribution in [0.3, 0.4) is 0 Å². The van der Waals surface area contributed by atoms with Gasteiger partial charge in [0.15, 0.2) is 0 Å². The molecule has 0 aromatic heterocycles. The van der Waals surface area contributed by atoms with Gasteiger partial charge in [-0.05, 0) is 98.2 Å². The molecular formula is C35H56O6. The molecule has 0 aromatic rings. The molecule has 0 aliphatic heterocycles. The highest BCUT2D eigenvalue weighted by molar-refractivity contribution is 5.87. The van der Waals surface area contributed by atoms with E-state index in [-0.39, 0.29) is 40.3 Å². The summed E-state index contributed by atoms with van der Waals surface area (Å²) >= 11 is 0. The summed E-state index contributed by atoms with van der Waals surface area (Å²) in [4.78, 5) is 12.8. The Balaban J connectivity index is 1.58. The minimum absolute atomic E-state index is 0.0647. The summed E-state index contributed by atoms with van der Waals surface area (Å²) in [6, 6.07) is 0. The monoisotopic (exact) mass is 572 g/mol. The van der Waals surface area contributed by atoms with Gasteiger partial charge in [0.05, 0.1) is 24.2 Å². The van der Waals surface area contributed by atoms with Gasteiger partial charge in [0.25, 0.3) is 0 Å². The van der Waals surface area contributed by atoms with Gasteiger partial charge in [0.1, 0.15) is 12.2 Å². The predicted octanol–water partition coefficient (Wildman–Crippen LogP) is 5.57. The second-order valence-corrected chi connectivity index (χ2v) is 16.6. The van der Waals surface area contributed by atoms with Crippen LogP contribution in [0.1, 0.15) is 107 Å². The summed E-state index contributed by atoms with van der Waals surface area (Å²) in [5, 5.41) is 46.1. The van der Waals surface area contributed by atoms with Gasteiger partial charge in [0.2, 0.25) is 0 Å². The smallest absolute Gasteiger partial charge is 0.333 e. The molecule has 0 spiro atoms. The summed E-state index contributed by atoms with van der Waals surface area (Å²) < 4.78 is 5.94. The number of hydrogen-bond acceptors (Lipinski definition) is 6. The number of carbonyl (C=O) groups excluding carboxylic acids is 1. The standard InChI is InChI=1S/C35H56O6/c1-10-20(2)29(40)41-28-27(39)35(19-36)22(17-30(28,3)4)21-11-12-24-32(7)15-14-25(37)31(5,6)23(32)13-16-33(24,8)34(21,9)18-26(35)38/h10-11,22-28,36-39H,12-19H2,1-9H3/b20-10-. The fourth-order valence-electron chi connectivity index (χ4n) is 11.4. The van der Waals surface area contributed by atoms with Crippen LogP contribution in [-0.2, 0) is 9.53 Å². The first-order chi connectivity index (χ1) is 18.9. The number of ether oxygens (including phenoxy) is 1. The average Bonchev–Trinajstić information content (AvgIpc) is 2.88. The minimum atomic E-state index is -1.20. The van der Waals surface area contributed by atoms with E-state index in [0.717, 1.165) is 32.1 Å². The van der Waals surface area contributed by atoms with E-state index in [0.29, 0.717) is 30.3 Å². The van der Waals surface area contributed by atoms with Gasteiger partial charge in [-0.3, -0.25) is 0 Å². The van der Waals surface area contributed by atoms with Gasteiger partial charge in [0, 0.05) is 11.0 Å². The molecule has 0 amide bonds. The Kier molecular flexibility index (Phi) is 7.34. The molecule has 6 nitrogen and oxygen atoms in total. The first-order valence-corrected chi connectivity index (χ1v) is 16.1. The lowest BCUT2D eigenvalue weighted by Gasteiger charge is -2.72. The van der Waals surface area contributed by atoms with E-state index in [2.05, 4.69) is 40.7 Å². The van der Waals surface area contributed by atoms with Crippen LogP contribution in [0.2, 0.25) is 0 Å². The highest BCUT2D eigenvalue weighted by Crippen LogP contribution is 2.75. The third-order valence-corrected chi connectivity index (χ3v) is 14.3. The number of rotatable bonds is 3. The van der Waals surface area contributed by atoms with Crippen molar-refractivity contribution >= 4 is 5.97 Å².